The molecule has 7 nitrogen and oxygen atoms in total. The Morgan fingerprint density at radius 3 is 2.21 bits per heavy atom. The zero-order valence-electron chi connectivity index (χ0n) is 15.4. The van der Waals surface area contributed by atoms with Crippen LogP contribution >= 0.6 is 0 Å². The van der Waals surface area contributed by atoms with Gasteiger partial charge < -0.3 is 14.2 Å². The average Bonchev–Trinajstić information content (AvgIpc) is 2.62. The van der Waals surface area contributed by atoms with Crippen LogP contribution in [0.3, 0.4) is 0 Å². The van der Waals surface area contributed by atoms with Crippen molar-refractivity contribution in [3.8, 4) is 17.2 Å². The van der Waals surface area contributed by atoms with Gasteiger partial charge in [0.1, 0.15) is 5.75 Å². The van der Waals surface area contributed by atoms with Crippen LogP contribution in [0.4, 0.5) is 14.5 Å². The van der Waals surface area contributed by atoms with Gasteiger partial charge in [0.15, 0.2) is 11.5 Å². The SMILES string of the molecule is COc1cc([N+](=O)[O-])ccc1OC(=O)[C@@H](c1ccc(OC(F)F)cc1)C(C)C. The van der Waals surface area contributed by atoms with Crippen molar-refractivity contribution in [1.29, 1.82) is 0 Å². The van der Waals surface area contributed by atoms with E-state index < -0.39 is 23.4 Å². The van der Waals surface area contributed by atoms with E-state index >= 15 is 0 Å². The molecule has 0 heterocycles. The van der Waals surface area contributed by atoms with Crippen LogP contribution in [0.5, 0.6) is 17.2 Å². The number of carbonyl (C=O) groups is 1. The summed E-state index contributed by atoms with van der Waals surface area (Å²) in [5.74, 6) is -1.40. The van der Waals surface area contributed by atoms with E-state index in [2.05, 4.69) is 4.74 Å². The van der Waals surface area contributed by atoms with E-state index in [0.29, 0.717) is 5.56 Å². The van der Waals surface area contributed by atoms with Gasteiger partial charge in [0.2, 0.25) is 0 Å². The summed E-state index contributed by atoms with van der Waals surface area (Å²) in [4.78, 5) is 23.0. The summed E-state index contributed by atoms with van der Waals surface area (Å²) < 4.78 is 39.3. The highest BCUT2D eigenvalue weighted by Crippen LogP contribution is 2.34. The number of benzene rings is 2. The lowest BCUT2D eigenvalue weighted by atomic mass is 9.88. The number of nitro benzene ring substituents is 1. The standard InChI is InChI=1S/C19H19F2NO6/c1-11(2)17(12-4-7-14(8-5-12)27-19(20)21)18(23)28-15-9-6-13(22(24)25)10-16(15)26-3/h4-11,17,19H,1-3H3/t17-/m1/s1. The Labute approximate surface area is 160 Å². The Kier molecular flexibility index (Phi) is 6.86. The maximum Gasteiger partial charge on any atom is 0.387 e. The first-order valence-corrected chi connectivity index (χ1v) is 8.31. The van der Waals surface area contributed by atoms with E-state index in [4.69, 9.17) is 9.47 Å². The van der Waals surface area contributed by atoms with Gasteiger partial charge in [-0.2, -0.15) is 8.78 Å². The summed E-state index contributed by atoms with van der Waals surface area (Å²) in [5.41, 5.74) is 0.356. The minimum atomic E-state index is -2.94. The molecule has 0 aromatic heterocycles. The quantitative estimate of drug-likeness (QED) is 0.282. The van der Waals surface area contributed by atoms with Crippen molar-refractivity contribution in [1.82, 2.24) is 0 Å². The van der Waals surface area contributed by atoms with Gasteiger partial charge in [-0.1, -0.05) is 26.0 Å². The summed E-state index contributed by atoms with van der Waals surface area (Å²) in [6.45, 7) is 0.678. The normalized spacial score (nSPS) is 12.0. The van der Waals surface area contributed by atoms with Gasteiger partial charge in [0, 0.05) is 6.07 Å². The number of ether oxygens (including phenoxy) is 3. The van der Waals surface area contributed by atoms with Crippen molar-refractivity contribution >= 4 is 11.7 Å². The van der Waals surface area contributed by atoms with Gasteiger partial charge in [0.25, 0.3) is 5.69 Å². The minimum Gasteiger partial charge on any atom is -0.493 e. The van der Waals surface area contributed by atoms with Gasteiger partial charge in [-0.3, -0.25) is 14.9 Å². The molecule has 9 heteroatoms. The first-order chi connectivity index (χ1) is 13.2. The molecule has 2 aromatic carbocycles. The Hall–Kier alpha value is -3.23. The molecule has 1 atom stereocenters. The average molecular weight is 395 g/mol. The van der Waals surface area contributed by atoms with E-state index in [1.54, 1.807) is 0 Å². The number of hydrogen-bond donors (Lipinski definition) is 0. The highest BCUT2D eigenvalue weighted by molar-refractivity contribution is 5.81. The van der Waals surface area contributed by atoms with Crippen LogP contribution in [-0.2, 0) is 4.79 Å². The third kappa shape index (κ3) is 5.15. The maximum atomic E-state index is 12.7. The Bertz CT molecular complexity index is 839. The van der Waals surface area contributed by atoms with E-state index in [9.17, 15) is 23.7 Å². The third-order valence-corrected chi connectivity index (χ3v) is 3.95. The van der Waals surface area contributed by atoms with E-state index in [0.717, 1.165) is 6.07 Å². The number of rotatable bonds is 8. The fourth-order valence-electron chi connectivity index (χ4n) is 2.68. The van der Waals surface area contributed by atoms with Crippen molar-refractivity contribution in [2.75, 3.05) is 7.11 Å². The zero-order valence-corrected chi connectivity index (χ0v) is 15.4. The number of hydrogen-bond acceptors (Lipinski definition) is 6. The summed E-state index contributed by atoms with van der Waals surface area (Å²) in [7, 11) is 1.30. The molecule has 0 aliphatic rings. The number of non-ortho nitro benzene ring substituents is 1. The van der Waals surface area contributed by atoms with Crippen LogP contribution in [0.15, 0.2) is 42.5 Å². The van der Waals surface area contributed by atoms with E-state index in [1.807, 2.05) is 13.8 Å². The van der Waals surface area contributed by atoms with Crippen molar-refractivity contribution in [3.05, 3.63) is 58.1 Å². The second-order valence-electron chi connectivity index (χ2n) is 6.18. The van der Waals surface area contributed by atoms with Gasteiger partial charge in [-0.25, -0.2) is 0 Å². The van der Waals surface area contributed by atoms with Crippen molar-refractivity contribution in [2.24, 2.45) is 5.92 Å². The van der Waals surface area contributed by atoms with Crippen LogP contribution in [0.1, 0.15) is 25.3 Å². The van der Waals surface area contributed by atoms with Gasteiger partial charge >= 0.3 is 12.6 Å². The lowest BCUT2D eigenvalue weighted by molar-refractivity contribution is -0.385. The fraction of sp³-hybridized carbons (Fsp3) is 0.316. The summed E-state index contributed by atoms with van der Waals surface area (Å²) in [6.07, 6.45) is 0. The van der Waals surface area contributed by atoms with Crippen LogP contribution in [0.2, 0.25) is 0 Å². The highest BCUT2D eigenvalue weighted by Gasteiger charge is 2.27. The molecule has 150 valence electrons. The van der Waals surface area contributed by atoms with Crippen molar-refractivity contribution < 1.29 is 32.7 Å². The predicted octanol–water partition coefficient (Wildman–Crippen LogP) is 4.55. The maximum absolute atomic E-state index is 12.7. The topological polar surface area (TPSA) is 87.9 Å². The van der Waals surface area contributed by atoms with Gasteiger partial charge in [-0.15, -0.1) is 0 Å². The number of methoxy groups -OCH3 is 1. The summed E-state index contributed by atoms with van der Waals surface area (Å²) >= 11 is 0. The van der Waals surface area contributed by atoms with Crippen molar-refractivity contribution in [2.45, 2.75) is 26.4 Å². The largest absolute Gasteiger partial charge is 0.493 e. The Morgan fingerprint density at radius 2 is 1.71 bits per heavy atom. The molecule has 0 fully saturated rings. The third-order valence-electron chi connectivity index (χ3n) is 3.95. The van der Waals surface area contributed by atoms with Crippen LogP contribution < -0.4 is 14.2 Å². The van der Waals surface area contributed by atoms with Crippen LogP contribution in [-0.4, -0.2) is 24.6 Å². The molecule has 2 aromatic rings. The van der Waals surface area contributed by atoms with E-state index in [-0.39, 0.29) is 28.9 Å². The molecular formula is C19H19F2NO6. The first-order valence-electron chi connectivity index (χ1n) is 8.31. The number of halogens is 2. The summed E-state index contributed by atoms with van der Waals surface area (Å²) in [5, 5.41) is 10.9. The molecule has 28 heavy (non-hydrogen) atoms. The molecular weight excluding hydrogens is 376 g/mol. The molecule has 0 unspecified atom stereocenters. The van der Waals surface area contributed by atoms with Gasteiger partial charge in [0.05, 0.1) is 24.0 Å². The Balaban J connectivity index is 2.25. The minimum absolute atomic E-state index is 0.0216. The lowest BCUT2D eigenvalue weighted by Gasteiger charge is -2.20. The first kappa shape index (κ1) is 21.1. The molecule has 0 amide bonds. The lowest BCUT2D eigenvalue weighted by Crippen LogP contribution is -2.23. The number of nitro groups is 1. The monoisotopic (exact) mass is 395 g/mol. The van der Waals surface area contributed by atoms with Crippen LogP contribution in [0.25, 0.3) is 0 Å². The fourth-order valence-corrected chi connectivity index (χ4v) is 2.68. The predicted molar refractivity (Wildman–Crippen MR) is 95.9 cm³/mol. The number of nitrogens with zero attached hydrogens (tertiary/aromatic N) is 1. The molecule has 0 radical (unpaired) electrons. The summed E-state index contributed by atoms with van der Waals surface area (Å²) in [6, 6.07) is 9.35. The molecule has 0 saturated heterocycles. The smallest absolute Gasteiger partial charge is 0.387 e. The highest BCUT2D eigenvalue weighted by atomic mass is 19.3. The second kappa shape index (κ2) is 9.12. The molecule has 0 aliphatic heterocycles. The molecule has 0 N–H and O–H groups in total. The molecule has 0 spiro atoms. The number of alkyl halides is 2. The molecule has 0 aliphatic carbocycles. The number of esters is 1. The second-order valence-corrected chi connectivity index (χ2v) is 6.18. The molecule has 0 bridgehead atoms. The molecule has 0 saturated carbocycles. The molecule has 2 rings (SSSR count). The zero-order chi connectivity index (χ0) is 20.8. The van der Waals surface area contributed by atoms with Gasteiger partial charge in [-0.05, 0) is 29.7 Å². The number of carbonyl (C=O) groups excluding carboxylic acids is 1. The van der Waals surface area contributed by atoms with Crippen LogP contribution in [0, 0.1) is 16.0 Å². The van der Waals surface area contributed by atoms with Crippen molar-refractivity contribution in [3.63, 3.8) is 0 Å². The Morgan fingerprint density at radius 1 is 1.07 bits per heavy atom. The van der Waals surface area contributed by atoms with E-state index in [1.165, 1.54) is 43.5 Å².